The molecule has 3 aromatic rings. The molecule has 0 aliphatic rings. The normalized spacial score (nSPS) is 11.2. The van der Waals surface area contributed by atoms with Gasteiger partial charge in [0.2, 0.25) is 0 Å². The van der Waals surface area contributed by atoms with Crippen molar-refractivity contribution in [2.45, 2.75) is 114 Å². The van der Waals surface area contributed by atoms with Gasteiger partial charge in [0.15, 0.2) is 46.1 Å². The predicted molar refractivity (Wildman–Crippen MR) is 250 cm³/mol. The molecule has 0 aliphatic heterocycles. The van der Waals surface area contributed by atoms with Gasteiger partial charge in [-0.25, -0.2) is 0 Å². The van der Waals surface area contributed by atoms with E-state index in [0.29, 0.717) is 42.9 Å². The number of Topliss-reactive ketones (excluding diaryl/α,β-unsaturated/α-hetero) is 3. The maximum absolute atomic E-state index is 11.8. The fraction of sp³-hybridized carbons (Fsp3) is 0.451. The molecular weight excluding hydrogens is 821 g/mol. The third-order valence-electron chi connectivity index (χ3n) is 8.22. The summed E-state index contributed by atoms with van der Waals surface area (Å²) in [5.74, 6) is 0.271. The van der Waals surface area contributed by atoms with Crippen LogP contribution in [0.3, 0.4) is 0 Å². The summed E-state index contributed by atoms with van der Waals surface area (Å²) in [6, 6.07) is 14.7. The second kappa shape index (κ2) is 27.7. The average molecular weight is 891 g/mol. The largest absolute Gasteiger partial charge is 0.504 e. The molecule has 0 atom stereocenters. The Morgan fingerprint density at radius 1 is 0.531 bits per heavy atom. The lowest BCUT2D eigenvalue weighted by Gasteiger charge is -2.16. The first kappa shape index (κ1) is 57.8. The lowest BCUT2D eigenvalue weighted by molar-refractivity contribution is -0.139. The van der Waals surface area contributed by atoms with E-state index in [1.165, 1.54) is 52.5 Å². The summed E-state index contributed by atoms with van der Waals surface area (Å²) in [6.45, 7) is 19.0. The first-order valence-electron chi connectivity index (χ1n) is 20.7. The molecule has 3 aromatic carbocycles. The van der Waals surface area contributed by atoms with Crippen LogP contribution in [0.25, 0.3) is 12.2 Å². The highest BCUT2D eigenvalue weighted by molar-refractivity contribution is 6.06. The van der Waals surface area contributed by atoms with Crippen LogP contribution >= 0.6 is 0 Å². The topological polar surface area (TPSA) is 211 Å². The minimum Gasteiger partial charge on any atom is -0.504 e. The number of methoxy groups -OCH3 is 3. The van der Waals surface area contributed by atoms with E-state index in [4.69, 9.17) is 19.3 Å². The zero-order chi connectivity index (χ0) is 49.4. The number of carboxylic acids is 1. The SMILES string of the molecule is CC(C)(C)CC(=O)O.COc1cc(/C=C/C(=O)CC(=O)CC(C)(C)C)ccc1O.COc1cc(/C=C/C(C)=O)ccc1O.COc1cc(CCC(=O)CC(=O)CC(C)(C)C)ccc1O. The van der Waals surface area contributed by atoms with E-state index in [1.54, 1.807) is 54.6 Å². The molecule has 64 heavy (non-hydrogen) atoms. The summed E-state index contributed by atoms with van der Waals surface area (Å²) in [5.41, 5.74) is 2.18. The van der Waals surface area contributed by atoms with E-state index in [-0.39, 0.29) is 81.7 Å². The number of ketones is 5. The van der Waals surface area contributed by atoms with Crippen LogP contribution in [0.1, 0.15) is 124 Å². The predicted octanol–water partition coefficient (Wildman–Crippen LogP) is 10.2. The van der Waals surface area contributed by atoms with Gasteiger partial charge in [-0.05, 0) is 94.8 Å². The summed E-state index contributed by atoms with van der Waals surface area (Å²) in [7, 11) is 4.42. The van der Waals surface area contributed by atoms with Gasteiger partial charge in [-0.3, -0.25) is 28.8 Å². The van der Waals surface area contributed by atoms with Gasteiger partial charge >= 0.3 is 5.97 Å². The molecule has 0 bridgehead atoms. The monoisotopic (exact) mass is 890 g/mol. The molecular formula is C51H70O13. The molecule has 0 fully saturated rings. The van der Waals surface area contributed by atoms with E-state index < -0.39 is 5.97 Å². The summed E-state index contributed by atoms with van der Waals surface area (Å²) in [5, 5.41) is 36.5. The Hall–Kier alpha value is -6.24. The average Bonchev–Trinajstić information content (AvgIpc) is 3.15. The molecule has 0 heterocycles. The van der Waals surface area contributed by atoms with Crippen molar-refractivity contribution in [1.29, 1.82) is 0 Å². The van der Waals surface area contributed by atoms with Crippen molar-refractivity contribution in [1.82, 2.24) is 0 Å². The zero-order valence-corrected chi connectivity index (χ0v) is 39.9. The highest BCUT2D eigenvalue weighted by Gasteiger charge is 2.19. The van der Waals surface area contributed by atoms with Gasteiger partial charge in [-0.2, -0.15) is 0 Å². The molecule has 0 unspecified atom stereocenters. The third-order valence-corrected chi connectivity index (χ3v) is 8.22. The standard InChI is InChI=1S/C17H24O4.C17H22O4.C11H12O3.C6H12O2/c2*1-17(2,3)11-14(19)10-13(18)7-5-12-6-8-15(20)16(9-12)21-4;1-8(12)3-4-9-5-6-10(13)11(7-9)14-2;1-6(2,3)4-5(7)8/h6,8-9,20H,5,7,10-11H2,1-4H3;5-9,20H,10-11H2,1-4H3;3-7,13H,1-2H3;4H2,1-3H3,(H,7,8)/b;7-5+;4-3+;. The van der Waals surface area contributed by atoms with Crippen molar-refractivity contribution in [3.8, 4) is 34.5 Å². The number of carbonyl (C=O) groups excluding carboxylic acids is 5. The number of aromatic hydroxyl groups is 3. The molecule has 0 spiro atoms. The minimum atomic E-state index is -0.725. The summed E-state index contributed by atoms with van der Waals surface area (Å²) in [4.78, 5) is 67.7. The fourth-order valence-corrected chi connectivity index (χ4v) is 5.48. The summed E-state index contributed by atoms with van der Waals surface area (Å²) < 4.78 is 14.9. The van der Waals surface area contributed by atoms with Crippen molar-refractivity contribution in [3.63, 3.8) is 0 Å². The number of allylic oxidation sites excluding steroid dienone is 2. The number of carboxylic acid groups (broad SMARTS) is 1. The molecule has 0 aromatic heterocycles. The molecule has 13 heteroatoms. The van der Waals surface area contributed by atoms with Crippen molar-refractivity contribution in [3.05, 3.63) is 83.4 Å². The van der Waals surface area contributed by atoms with Crippen molar-refractivity contribution in [2.24, 2.45) is 16.2 Å². The van der Waals surface area contributed by atoms with Gasteiger partial charge in [-0.15, -0.1) is 0 Å². The van der Waals surface area contributed by atoms with Crippen molar-refractivity contribution >= 4 is 47.0 Å². The number of carbonyl (C=O) groups is 6. The van der Waals surface area contributed by atoms with E-state index in [0.717, 1.165) is 16.7 Å². The third kappa shape index (κ3) is 28.4. The Bertz CT molecular complexity index is 2070. The lowest BCUT2D eigenvalue weighted by Crippen LogP contribution is -2.16. The Balaban J connectivity index is 0.000000870. The van der Waals surface area contributed by atoms with E-state index in [1.807, 2.05) is 62.3 Å². The molecule has 0 amide bonds. The number of hydrogen-bond donors (Lipinski definition) is 4. The number of aryl methyl sites for hydroxylation is 1. The number of aliphatic carboxylic acids is 1. The summed E-state index contributed by atoms with van der Waals surface area (Å²) >= 11 is 0. The van der Waals surface area contributed by atoms with Crippen LogP contribution in [0.4, 0.5) is 0 Å². The van der Waals surface area contributed by atoms with Crippen LogP contribution in [0.5, 0.6) is 34.5 Å². The molecule has 4 N–H and O–H groups in total. The lowest BCUT2D eigenvalue weighted by atomic mass is 9.88. The zero-order valence-electron chi connectivity index (χ0n) is 39.9. The van der Waals surface area contributed by atoms with Crippen molar-refractivity contribution in [2.75, 3.05) is 21.3 Å². The Labute approximate surface area is 379 Å². The Kier molecular flexibility index (Phi) is 25.0. The Morgan fingerprint density at radius 2 is 0.922 bits per heavy atom. The molecule has 3 rings (SSSR count). The number of ether oxygens (including phenoxy) is 3. The van der Waals surface area contributed by atoms with Gasteiger partial charge in [-0.1, -0.05) is 92.7 Å². The van der Waals surface area contributed by atoms with Gasteiger partial charge in [0.25, 0.3) is 0 Å². The van der Waals surface area contributed by atoms with Gasteiger partial charge < -0.3 is 34.6 Å². The van der Waals surface area contributed by atoms with Crippen LogP contribution in [0.15, 0.2) is 66.7 Å². The number of benzene rings is 3. The number of hydrogen-bond acceptors (Lipinski definition) is 12. The first-order valence-corrected chi connectivity index (χ1v) is 20.7. The quantitative estimate of drug-likeness (QED) is 0.0735. The fourth-order valence-electron chi connectivity index (χ4n) is 5.48. The smallest absolute Gasteiger partial charge is 0.303 e. The second-order valence-corrected chi connectivity index (χ2v) is 18.7. The highest BCUT2D eigenvalue weighted by Crippen LogP contribution is 2.29. The maximum atomic E-state index is 11.8. The van der Waals surface area contributed by atoms with Crippen LogP contribution in [-0.4, -0.2) is 76.6 Å². The molecule has 352 valence electrons. The van der Waals surface area contributed by atoms with Crippen LogP contribution in [0.2, 0.25) is 0 Å². The minimum absolute atomic E-state index is 0.00390. The van der Waals surface area contributed by atoms with E-state index in [9.17, 15) is 44.1 Å². The molecule has 0 saturated heterocycles. The van der Waals surface area contributed by atoms with E-state index in [2.05, 4.69) is 0 Å². The van der Waals surface area contributed by atoms with Crippen molar-refractivity contribution < 1.29 is 63.4 Å². The second-order valence-electron chi connectivity index (χ2n) is 18.7. The number of phenols is 3. The van der Waals surface area contributed by atoms with Crippen LogP contribution < -0.4 is 14.2 Å². The van der Waals surface area contributed by atoms with Crippen LogP contribution in [0, 0.1) is 16.2 Å². The number of rotatable bonds is 17. The summed E-state index contributed by atoms with van der Waals surface area (Å²) in [6.07, 6.45) is 7.97. The van der Waals surface area contributed by atoms with Crippen LogP contribution in [-0.2, 0) is 35.2 Å². The van der Waals surface area contributed by atoms with E-state index >= 15 is 0 Å². The molecule has 0 saturated carbocycles. The van der Waals surface area contributed by atoms with Gasteiger partial charge in [0, 0.05) is 19.3 Å². The molecule has 0 aliphatic carbocycles. The Morgan fingerprint density at radius 3 is 1.30 bits per heavy atom. The highest BCUT2D eigenvalue weighted by atomic mass is 16.5. The maximum Gasteiger partial charge on any atom is 0.303 e. The van der Waals surface area contributed by atoms with Gasteiger partial charge in [0.05, 0.1) is 40.6 Å². The molecule has 13 nitrogen and oxygen atoms in total. The first-order chi connectivity index (χ1) is 29.5. The van der Waals surface area contributed by atoms with Gasteiger partial charge in [0.1, 0.15) is 17.3 Å². The number of phenolic OH excluding ortho intramolecular Hbond substituents is 3. The molecule has 0 radical (unpaired) electrons.